The first kappa shape index (κ1) is 14.7. The zero-order valence-electron chi connectivity index (χ0n) is 12.4. The van der Waals surface area contributed by atoms with Crippen LogP contribution in [0.5, 0.6) is 0 Å². The van der Waals surface area contributed by atoms with E-state index in [9.17, 15) is 9.59 Å². The van der Waals surface area contributed by atoms with Gasteiger partial charge in [0.05, 0.1) is 24.0 Å². The highest BCUT2D eigenvalue weighted by Gasteiger charge is 2.33. The van der Waals surface area contributed by atoms with Gasteiger partial charge in [-0.15, -0.1) is 11.3 Å². The summed E-state index contributed by atoms with van der Waals surface area (Å²) in [6.07, 6.45) is 6.67. The van der Waals surface area contributed by atoms with Crippen molar-refractivity contribution in [3.63, 3.8) is 0 Å². The third kappa shape index (κ3) is 2.61. The van der Waals surface area contributed by atoms with Crippen LogP contribution >= 0.6 is 11.3 Å². The monoisotopic (exact) mass is 319 g/mol. The van der Waals surface area contributed by atoms with E-state index < -0.39 is 0 Å². The van der Waals surface area contributed by atoms with Crippen LogP contribution < -0.4 is 5.32 Å². The summed E-state index contributed by atoms with van der Waals surface area (Å²) in [4.78, 5) is 31.0. The van der Waals surface area contributed by atoms with E-state index in [4.69, 9.17) is 0 Å². The molecule has 0 spiro atoms. The molecule has 0 aromatic carbocycles. The Balaban J connectivity index is 1.82. The smallest absolute Gasteiger partial charge is 0.262 e. The number of carbonyl (C=O) groups is 2. The number of aryl methyl sites for hydroxylation is 1. The summed E-state index contributed by atoms with van der Waals surface area (Å²) in [5, 5.41) is 7.45. The maximum absolute atomic E-state index is 12.6. The third-order valence-corrected chi connectivity index (χ3v) is 4.82. The number of hydrogen-bond acceptors (Lipinski definition) is 5. The quantitative estimate of drug-likeness (QED) is 0.922. The number of likely N-dealkylation sites (tertiary alicyclic amines) is 1. The molecule has 2 aromatic heterocycles. The summed E-state index contributed by atoms with van der Waals surface area (Å²) < 4.78 is 1.62. The first-order chi connectivity index (χ1) is 10.6. The Labute approximate surface area is 132 Å². The molecule has 1 atom stereocenters. The van der Waals surface area contributed by atoms with Gasteiger partial charge in [0, 0.05) is 26.8 Å². The van der Waals surface area contributed by atoms with Gasteiger partial charge in [0.15, 0.2) is 0 Å². The number of thiazole rings is 1. The lowest BCUT2D eigenvalue weighted by Gasteiger charge is -2.22. The zero-order chi connectivity index (χ0) is 15.7. The number of aromatic nitrogens is 3. The molecule has 2 aromatic rings. The average molecular weight is 319 g/mol. The molecule has 0 saturated carbocycles. The van der Waals surface area contributed by atoms with Crippen molar-refractivity contribution in [3.05, 3.63) is 34.0 Å². The molecule has 3 rings (SSSR count). The first-order valence-electron chi connectivity index (χ1n) is 7.07. The van der Waals surface area contributed by atoms with Gasteiger partial charge in [-0.1, -0.05) is 0 Å². The van der Waals surface area contributed by atoms with E-state index in [1.807, 2.05) is 4.90 Å². The van der Waals surface area contributed by atoms with Crippen molar-refractivity contribution in [2.45, 2.75) is 18.9 Å². The predicted molar refractivity (Wildman–Crippen MR) is 81.7 cm³/mol. The maximum atomic E-state index is 12.6. The summed E-state index contributed by atoms with van der Waals surface area (Å²) >= 11 is 1.35. The zero-order valence-corrected chi connectivity index (χ0v) is 13.3. The summed E-state index contributed by atoms with van der Waals surface area (Å²) in [6, 6.07) is -0.0592. The first-order valence-corrected chi connectivity index (χ1v) is 7.89. The summed E-state index contributed by atoms with van der Waals surface area (Å²) in [5.74, 6) is -0.181. The summed E-state index contributed by atoms with van der Waals surface area (Å²) in [7, 11) is 3.38. The number of nitrogens with zero attached hydrogens (tertiary/aromatic N) is 4. The van der Waals surface area contributed by atoms with Crippen LogP contribution in [-0.2, 0) is 7.05 Å². The van der Waals surface area contributed by atoms with Crippen molar-refractivity contribution in [1.82, 2.24) is 25.0 Å². The Morgan fingerprint density at radius 1 is 1.41 bits per heavy atom. The number of amides is 2. The Hall–Kier alpha value is -2.22. The molecule has 1 aliphatic heterocycles. The van der Waals surface area contributed by atoms with Crippen LogP contribution in [0.3, 0.4) is 0 Å². The van der Waals surface area contributed by atoms with Gasteiger partial charge in [0.1, 0.15) is 9.88 Å². The van der Waals surface area contributed by atoms with E-state index in [1.54, 1.807) is 37.4 Å². The van der Waals surface area contributed by atoms with Gasteiger partial charge in [0.25, 0.3) is 11.8 Å². The Morgan fingerprint density at radius 2 is 2.23 bits per heavy atom. The van der Waals surface area contributed by atoms with Gasteiger partial charge in [-0.25, -0.2) is 4.98 Å². The van der Waals surface area contributed by atoms with Crippen molar-refractivity contribution in [2.24, 2.45) is 7.05 Å². The average Bonchev–Trinajstić information content (AvgIpc) is 3.24. The maximum Gasteiger partial charge on any atom is 0.262 e. The molecular weight excluding hydrogens is 302 g/mol. The molecule has 1 fully saturated rings. The van der Waals surface area contributed by atoms with E-state index >= 15 is 0 Å². The third-order valence-electron chi connectivity index (χ3n) is 3.72. The molecule has 0 unspecified atom stereocenters. The second-order valence-corrected chi connectivity index (χ2v) is 6.26. The lowest BCUT2D eigenvalue weighted by molar-refractivity contribution is 0.0735. The number of rotatable bonds is 3. The molecule has 116 valence electrons. The minimum Gasteiger partial charge on any atom is -0.354 e. The van der Waals surface area contributed by atoms with Gasteiger partial charge in [-0.2, -0.15) is 5.10 Å². The molecular formula is C14H17N5O2S. The van der Waals surface area contributed by atoms with Crippen molar-refractivity contribution in [1.29, 1.82) is 0 Å². The Bertz CT molecular complexity index is 708. The van der Waals surface area contributed by atoms with Gasteiger partial charge in [-0.3, -0.25) is 14.3 Å². The van der Waals surface area contributed by atoms with Gasteiger partial charge in [-0.05, 0) is 12.8 Å². The van der Waals surface area contributed by atoms with Crippen molar-refractivity contribution >= 4 is 23.2 Å². The summed E-state index contributed by atoms with van der Waals surface area (Å²) in [5.41, 5.74) is 0.581. The Morgan fingerprint density at radius 3 is 2.91 bits per heavy atom. The molecule has 1 saturated heterocycles. The van der Waals surface area contributed by atoms with Gasteiger partial charge < -0.3 is 10.2 Å². The molecule has 0 radical (unpaired) electrons. The minimum absolute atomic E-state index is 0.0349. The van der Waals surface area contributed by atoms with E-state index in [-0.39, 0.29) is 17.9 Å². The fourth-order valence-electron chi connectivity index (χ4n) is 2.63. The highest BCUT2D eigenvalue weighted by Crippen LogP contribution is 2.35. The lowest BCUT2D eigenvalue weighted by atomic mass is 10.2. The number of hydrogen-bond donors (Lipinski definition) is 1. The van der Waals surface area contributed by atoms with E-state index in [0.717, 1.165) is 17.8 Å². The van der Waals surface area contributed by atoms with Gasteiger partial charge >= 0.3 is 0 Å². The SMILES string of the molecule is CNC(=O)c1cnc([C@@H]2CCCN2C(=O)c2cnn(C)c2)s1. The van der Waals surface area contributed by atoms with E-state index in [1.165, 1.54) is 11.3 Å². The fraction of sp³-hybridized carbons (Fsp3) is 0.429. The normalized spacial score (nSPS) is 17.7. The molecule has 0 bridgehead atoms. The van der Waals surface area contributed by atoms with Crippen LogP contribution in [0.1, 0.15) is 43.9 Å². The van der Waals surface area contributed by atoms with Gasteiger partial charge in [0.2, 0.25) is 0 Å². The highest BCUT2D eigenvalue weighted by atomic mass is 32.1. The van der Waals surface area contributed by atoms with Crippen LogP contribution in [-0.4, -0.2) is 45.1 Å². The number of carbonyl (C=O) groups excluding carboxylic acids is 2. The fourth-order valence-corrected chi connectivity index (χ4v) is 3.65. The van der Waals surface area contributed by atoms with E-state index in [2.05, 4.69) is 15.4 Å². The largest absolute Gasteiger partial charge is 0.354 e. The van der Waals surface area contributed by atoms with Crippen LogP contribution in [0.25, 0.3) is 0 Å². The van der Waals surface area contributed by atoms with Crippen molar-refractivity contribution in [2.75, 3.05) is 13.6 Å². The number of nitrogens with one attached hydrogen (secondary N) is 1. The van der Waals surface area contributed by atoms with Crippen LogP contribution in [0.2, 0.25) is 0 Å². The summed E-state index contributed by atoms with van der Waals surface area (Å²) in [6.45, 7) is 0.702. The second kappa shape index (κ2) is 5.88. The van der Waals surface area contributed by atoms with Crippen molar-refractivity contribution in [3.8, 4) is 0 Å². The van der Waals surface area contributed by atoms with Crippen LogP contribution in [0.4, 0.5) is 0 Å². The highest BCUT2D eigenvalue weighted by molar-refractivity contribution is 7.13. The molecule has 8 heteroatoms. The topological polar surface area (TPSA) is 80.1 Å². The lowest BCUT2D eigenvalue weighted by Crippen LogP contribution is -2.30. The molecule has 22 heavy (non-hydrogen) atoms. The Kier molecular flexibility index (Phi) is 3.93. The standard InChI is InChI=1S/C14H17N5O2S/c1-15-12(20)11-7-16-13(22-11)10-4-3-5-19(10)14(21)9-6-17-18(2)8-9/h6-8,10H,3-5H2,1-2H3,(H,15,20)/t10-/m0/s1. The van der Waals surface area contributed by atoms with Crippen LogP contribution in [0, 0.1) is 0 Å². The molecule has 7 nitrogen and oxygen atoms in total. The minimum atomic E-state index is -0.146. The second-order valence-electron chi connectivity index (χ2n) is 5.20. The molecule has 0 aliphatic carbocycles. The molecule has 2 amide bonds. The van der Waals surface area contributed by atoms with Crippen LogP contribution in [0.15, 0.2) is 18.6 Å². The predicted octanol–water partition coefficient (Wildman–Crippen LogP) is 1.21. The molecule has 1 N–H and O–H groups in total. The molecule has 1 aliphatic rings. The molecule has 3 heterocycles. The van der Waals surface area contributed by atoms with Crippen molar-refractivity contribution < 1.29 is 9.59 Å². The van der Waals surface area contributed by atoms with E-state index in [0.29, 0.717) is 17.0 Å².